The second kappa shape index (κ2) is 3.36. The summed E-state index contributed by atoms with van der Waals surface area (Å²) in [5.74, 6) is 0.897. The molecule has 0 amide bonds. The standard InChI is InChI=1S/C10H11NOS/c1-12-8-2-3-10-7(4-8)5-9(6-11)13-10/h2-5H,6,11H2,1H3. The summed E-state index contributed by atoms with van der Waals surface area (Å²) in [5, 5.41) is 1.21. The van der Waals surface area contributed by atoms with Crippen LogP contribution in [0.2, 0.25) is 0 Å². The summed E-state index contributed by atoms with van der Waals surface area (Å²) in [6.45, 7) is 0.613. The molecule has 3 heteroatoms. The minimum absolute atomic E-state index is 0.613. The number of benzene rings is 1. The molecule has 0 aliphatic rings. The van der Waals surface area contributed by atoms with Crippen molar-refractivity contribution in [2.75, 3.05) is 7.11 Å². The van der Waals surface area contributed by atoms with Crippen LogP contribution >= 0.6 is 11.3 Å². The van der Waals surface area contributed by atoms with Crippen molar-refractivity contribution < 1.29 is 4.74 Å². The summed E-state index contributed by atoms with van der Waals surface area (Å²) in [6.07, 6.45) is 0. The molecular weight excluding hydrogens is 182 g/mol. The summed E-state index contributed by atoms with van der Waals surface area (Å²) in [5.41, 5.74) is 5.56. The van der Waals surface area contributed by atoms with Crippen molar-refractivity contribution in [1.82, 2.24) is 0 Å². The van der Waals surface area contributed by atoms with Gasteiger partial charge >= 0.3 is 0 Å². The average Bonchev–Trinajstić information content (AvgIpc) is 2.58. The molecule has 0 aliphatic carbocycles. The Bertz CT molecular complexity index is 420. The van der Waals surface area contributed by atoms with Crippen LogP contribution in [0.1, 0.15) is 4.88 Å². The zero-order valence-electron chi connectivity index (χ0n) is 7.41. The smallest absolute Gasteiger partial charge is 0.119 e. The first-order valence-electron chi connectivity index (χ1n) is 4.10. The van der Waals surface area contributed by atoms with Gasteiger partial charge in [-0.25, -0.2) is 0 Å². The lowest BCUT2D eigenvalue weighted by atomic mass is 10.2. The van der Waals surface area contributed by atoms with Crippen LogP contribution in [0.3, 0.4) is 0 Å². The van der Waals surface area contributed by atoms with Gasteiger partial charge in [0.2, 0.25) is 0 Å². The Labute approximate surface area is 80.9 Å². The molecule has 13 heavy (non-hydrogen) atoms. The van der Waals surface area contributed by atoms with E-state index in [1.54, 1.807) is 18.4 Å². The van der Waals surface area contributed by atoms with Gasteiger partial charge in [0, 0.05) is 16.1 Å². The molecule has 68 valence electrons. The van der Waals surface area contributed by atoms with Crippen molar-refractivity contribution >= 4 is 21.4 Å². The molecule has 0 unspecified atom stereocenters. The van der Waals surface area contributed by atoms with E-state index in [2.05, 4.69) is 12.1 Å². The second-order valence-electron chi connectivity index (χ2n) is 2.82. The fourth-order valence-corrected chi connectivity index (χ4v) is 2.23. The molecule has 0 radical (unpaired) electrons. The Balaban J connectivity index is 2.57. The highest BCUT2D eigenvalue weighted by atomic mass is 32.1. The summed E-state index contributed by atoms with van der Waals surface area (Å²) in [4.78, 5) is 1.21. The molecular formula is C10H11NOS. The molecule has 2 rings (SSSR count). The number of nitrogens with two attached hydrogens (primary N) is 1. The van der Waals surface area contributed by atoms with Gasteiger partial charge in [-0.1, -0.05) is 0 Å². The zero-order chi connectivity index (χ0) is 9.26. The molecule has 0 aliphatic heterocycles. The summed E-state index contributed by atoms with van der Waals surface area (Å²) in [7, 11) is 1.68. The van der Waals surface area contributed by atoms with Gasteiger partial charge in [-0.15, -0.1) is 11.3 Å². The molecule has 2 N–H and O–H groups in total. The number of rotatable bonds is 2. The Morgan fingerprint density at radius 1 is 1.38 bits per heavy atom. The van der Waals surface area contributed by atoms with Gasteiger partial charge in [-0.3, -0.25) is 0 Å². The zero-order valence-corrected chi connectivity index (χ0v) is 8.23. The molecule has 0 saturated heterocycles. The topological polar surface area (TPSA) is 35.2 Å². The first-order chi connectivity index (χ1) is 6.33. The molecule has 0 bridgehead atoms. The highest BCUT2D eigenvalue weighted by molar-refractivity contribution is 7.19. The van der Waals surface area contributed by atoms with Crippen LogP contribution in [-0.2, 0) is 6.54 Å². The van der Waals surface area contributed by atoms with Gasteiger partial charge in [0.15, 0.2) is 0 Å². The molecule has 0 atom stereocenters. The molecule has 2 aromatic rings. The highest BCUT2D eigenvalue weighted by Crippen LogP contribution is 2.28. The molecule has 0 spiro atoms. The summed E-state index contributed by atoms with van der Waals surface area (Å²) < 4.78 is 6.40. The summed E-state index contributed by atoms with van der Waals surface area (Å²) >= 11 is 1.74. The third-order valence-corrected chi connectivity index (χ3v) is 3.11. The second-order valence-corrected chi connectivity index (χ2v) is 3.99. The number of thiophene rings is 1. The van der Waals surface area contributed by atoms with E-state index in [1.807, 2.05) is 12.1 Å². The number of hydrogen-bond acceptors (Lipinski definition) is 3. The lowest BCUT2D eigenvalue weighted by Crippen LogP contribution is -1.91. The van der Waals surface area contributed by atoms with E-state index in [9.17, 15) is 0 Å². The Morgan fingerprint density at radius 2 is 2.23 bits per heavy atom. The predicted octanol–water partition coefficient (Wildman–Crippen LogP) is 2.37. The van der Waals surface area contributed by atoms with E-state index in [-0.39, 0.29) is 0 Å². The first-order valence-corrected chi connectivity index (χ1v) is 4.91. The fraction of sp³-hybridized carbons (Fsp3) is 0.200. The predicted molar refractivity (Wildman–Crippen MR) is 56.3 cm³/mol. The van der Waals surface area contributed by atoms with Gasteiger partial charge in [0.1, 0.15) is 5.75 Å². The van der Waals surface area contributed by atoms with E-state index in [0.29, 0.717) is 6.54 Å². The SMILES string of the molecule is COc1ccc2sc(CN)cc2c1. The lowest BCUT2D eigenvalue weighted by molar-refractivity contribution is 0.415. The fourth-order valence-electron chi connectivity index (χ4n) is 1.30. The minimum atomic E-state index is 0.613. The van der Waals surface area contributed by atoms with Crippen LogP contribution in [0, 0.1) is 0 Å². The average molecular weight is 193 g/mol. The molecule has 0 saturated carbocycles. The van der Waals surface area contributed by atoms with Crippen LogP contribution < -0.4 is 10.5 Å². The van der Waals surface area contributed by atoms with Crippen molar-refractivity contribution in [3.8, 4) is 5.75 Å². The van der Waals surface area contributed by atoms with Crippen LogP contribution in [0.25, 0.3) is 10.1 Å². The van der Waals surface area contributed by atoms with E-state index < -0.39 is 0 Å². The van der Waals surface area contributed by atoms with Crippen molar-refractivity contribution in [2.45, 2.75) is 6.54 Å². The van der Waals surface area contributed by atoms with Gasteiger partial charge in [-0.05, 0) is 29.7 Å². The van der Waals surface area contributed by atoms with E-state index in [0.717, 1.165) is 5.75 Å². The van der Waals surface area contributed by atoms with Gasteiger partial charge in [0.25, 0.3) is 0 Å². The van der Waals surface area contributed by atoms with Gasteiger partial charge in [0.05, 0.1) is 7.11 Å². The molecule has 2 nitrogen and oxygen atoms in total. The highest BCUT2D eigenvalue weighted by Gasteiger charge is 2.01. The number of fused-ring (bicyclic) bond motifs is 1. The monoisotopic (exact) mass is 193 g/mol. The van der Waals surface area contributed by atoms with E-state index in [4.69, 9.17) is 10.5 Å². The van der Waals surface area contributed by atoms with E-state index >= 15 is 0 Å². The summed E-state index contributed by atoms with van der Waals surface area (Å²) in [6, 6.07) is 8.19. The Morgan fingerprint density at radius 3 is 2.92 bits per heavy atom. The van der Waals surface area contributed by atoms with Crippen LogP contribution in [-0.4, -0.2) is 7.11 Å². The minimum Gasteiger partial charge on any atom is -0.497 e. The molecule has 1 aromatic heterocycles. The maximum atomic E-state index is 5.56. The normalized spacial score (nSPS) is 10.6. The van der Waals surface area contributed by atoms with Crippen LogP contribution in [0.15, 0.2) is 24.3 Å². The third-order valence-electron chi connectivity index (χ3n) is 1.98. The van der Waals surface area contributed by atoms with Crippen LogP contribution in [0.5, 0.6) is 5.75 Å². The number of methoxy groups -OCH3 is 1. The maximum Gasteiger partial charge on any atom is 0.119 e. The van der Waals surface area contributed by atoms with E-state index in [1.165, 1.54) is 15.0 Å². The first kappa shape index (κ1) is 8.53. The number of ether oxygens (including phenoxy) is 1. The van der Waals surface area contributed by atoms with Crippen molar-refractivity contribution in [1.29, 1.82) is 0 Å². The largest absolute Gasteiger partial charge is 0.497 e. The number of hydrogen-bond donors (Lipinski definition) is 1. The molecule has 0 fully saturated rings. The van der Waals surface area contributed by atoms with Gasteiger partial charge in [-0.2, -0.15) is 0 Å². The van der Waals surface area contributed by atoms with Crippen molar-refractivity contribution in [3.63, 3.8) is 0 Å². The van der Waals surface area contributed by atoms with Gasteiger partial charge < -0.3 is 10.5 Å². The van der Waals surface area contributed by atoms with Crippen molar-refractivity contribution in [2.24, 2.45) is 5.73 Å². The lowest BCUT2D eigenvalue weighted by Gasteiger charge is -1.97. The Hall–Kier alpha value is -1.06. The maximum absolute atomic E-state index is 5.56. The molecule has 1 heterocycles. The van der Waals surface area contributed by atoms with Crippen molar-refractivity contribution in [3.05, 3.63) is 29.1 Å². The van der Waals surface area contributed by atoms with Crippen LogP contribution in [0.4, 0.5) is 0 Å². The molecule has 1 aromatic carbocycles. The Kier molecular flexibility index (Phi) is 2.20. The third kappa shape index (κ3) is 1.53. The quantitative estimate of drug-likeness (QED) is 0.794.